The van der Waals surface area contributed by atoms with E-state index in [9.17, 15) is 13.2 Å². The predicted octanol–water partition coefficient (Wildman–Crippen LogP) is 4.36. The van der Waals surface area contributed by atoms with Crippen LogP contribution in [0.1, 0.15) is 30.6 Å². The van der Waals surface area contributed by atoms with Gasteiger partial charge < -0.3 is 10.1 Å². The van der Waals surface area contributed by atoms with Crippen LogP contribution in [0.5, 0.6) is 5.75 Å². The van der Waals surface area contributed by atoms with Gasteiger partial charge in [0.05, 0.1) is 16.6 Å². The Kier molecular flexibility index (Phi) is 7.74. The first kappa shape index (κ1) is 24.4. The summed E-state index contributed by atoms with van der Waals surface area (Å²) in [6.07, 6.45) is 1.74. The van der Waals surface area contributed by atoms with E-state index in [1.165, 1.54) is 0 Å². The second-order valence-corrected chi connectivity index (χ2v) is 9.90. The summed E-state index contributed by atoms with van der Waals surface area (Å²) in [5.74, 6) is 0.427. The Balaban J connectivity index is 1.28. The molecule has 35 heavy (non-hydrogen) atoms. The number of rotatable bonds is 10. The summed E-state index contributed by atoms with van der Waals surface area (Å²) in [6.45, 7) is 2.22. The van der Waals surface area contributed by atoms with Crippen LogP contribution < -0.4 is 14.8 Å². The van der Waals surface area contributed by atoms with Crippen LogP contribution in [0.4, 0.5) is 0 Å². The fraction of sp³-hybridized carbons (Fsp3) is 0.185. The van der Waals surface area contributed by atoms with Gasteiger partial charge in [0.2, 0.25) is 15.9 Å². The maximum Gasteiger partial charge on any atom is 0.240 e. The molecule has 1 unspecified atom stereocenters. The molecule has 0 spiro atoms. The van der Waals surface area contributed by atoms with E-state index < -0.39 is 10.0 Å². The molecule has 0 saturated heterocycles. The fourth-order valence-electron chi connectivity index (χ4n) is 3.63. The lowest BCUT2D eigenvalue weighted by Crippen LogP contribution is -2.32. The molecular formula is C27H27N3O4S. The maximum absolute atomic E-state index is 12.6. The van der Waals surface area contributed by atoms with Crippen molar-refractivity contribution in [1.82, 2.24) is 15.0 Å². The standard InChI is InChI=1S/C27H27N3O4S/c1-20(22-9-6-11-25(17-22)34-19-24-10-4-5-15-28-24)30-27(31)14-16-29-35(32,33)26-13-12-21-7-2-3-8-23(21)18-26/h2-13,15,17-18,20,29H,14,16,19H2,1H3,(H,30,31). The molecule has 0 saturated carbocycles. The number of ether oxygens (including phenoxy) is 1. The van der Waals surface area contributed by atoms with E-state index in [1.807, 2.05) is 73.7 Å². The third-order valence-electron chi connectivity index (χ3n) is 5.52. The Bertz CT molecular complexity index is 1410. The minimum absolute atomic E-state index is 0.000932. The molecule has 4 aromatic rings. The van der Waals surface area contributed by atoms with Crippen LogP contribution in [0, 0.1) is 0 Å². The Morgan fingerprint density at radius 1 is 0.943 bits per heavy atom. The summed E-state index contributed by atoms with van der Waals surface area (Å²) in [5, 5.41) is 4.71. The number of carbonyl (C=O) groups is 1. The van der Waals surface area contributed by atoms with Crippen molar-refractivity contribution < 1.29 is 17.9 Å². The lowest BCUT2D eigenvalue weighted by atomic mass is 10.1. The van der Waals surface area contributed by atoms with Gasteiger partial charge in [-0.05, 0) is 59.7 Å². The third-order valence-corrected chi connectivity index (χ3v) is 6.98. The summed E-state index contributed by atoms with van der Waals surface area (Å²) >= 11 is 0. The van der Waals surface area contributed by atoms with E-state index in [2.05, 4.69) is 15.0 Å². The minimum Gasteiger partial charge on any atom is -0.487 e. The molecule has 0 radical (unpaired) electrons. The van der Waals surface area contributed by atoms with Crippen LogP contribution in [-0.2, 0) is 21.4 Å². The van der Waals surface area contributed by atoms with Gasteiger partial charge in [0.1, 0.15) is 12.4 Å². The highest BCUT2D eigenvalue weighted by Gasteiger charge is 2.16. The smallest absolute Gasteiger partial charge is 0.240 e. The number of sulfonamides is 1. The SMILES string of the molecule is CC(NC(=O)CCNS(=O)(=O)c1ccc2ccccc2c1)c1cccc(OCc2ccccn2)c1. The van der Waals surface area contributed by atoms with Crippen LogP contribution >= 0.6 is 0 Å². The zero-order valence-corrected chi connectivity index (χ0v) is 20.2. The first-order chi connectivity index (χ1) is 16.9. The molecule has 0 aliphatic rings. The summed E-state index contributed by atoms with van der Waals surface area (Å²) in [4.78, 5) is 16.8. The highest BCUT2D eigenvalue weighted by molar-refractivity contribution is 7.89. The molecule has 3 aromatic carbocycles. The molecule has 7 nitrogen and oxygen atoms in total. The maximum atomic E-state index is 12.6. The molecule has 0 aliphatic heterocycles. The van der Waals surface area contributed by atoms with Crippen molar-refractivity contribution in [3.8, 4) is 5.75 Å². The first-order valence-electron chi connectivity index (χ1n) is 11.3. The molecule has 180 valence electrons. The molecule has 0 fully saturated rings. The summed E-state index contributed by atoms with van der Waals surface area (Å²) in [7, 11) is -3.71. The van der Waals surface area contributed by atoms with E-state index in [0.29, 0.717) is 12.4 Å². The molecule has 1 atom stereocenters. The van der Waals surface area contributed by atoms with Gasteiger partial charge in [-0.25, -0.2) is 13.1 Å². The van der Waals surface area contributed by atoms with Gasteiger partial charge in [-0.15, -0.1) is 0 Å². The van der Waals surface area contributed by atoms with Crippen molar-refractivity contribution in [2.75, 3.05) is 6.54 Å². The van der Waals surface area contributed by atoms with Crippen molar-refractivity contribution in [1.29, 1.82) is 0 Å². The van der Waals surface area contributed by atoms with E-state index in [1.54, 1.807) is 24.4 Å². The molecule has 0 aliphatic carbocycles. The third kappa shape index (κ3) is 6.65. The van der Waals surface area contributed by atoms with Crippen molar-refractivity contribution in [2.45, 2.75) is 30.9 Å². The molecule has 1 aromatic heterocycles. The topological polar surface area (TPSA) is 97.4 Å². The number of hydrogen-bond acceptors (Lipinski definition) is 5. The van der Waals surface area contributed by atoms with Gasteiger partial charge in [-0.1, -0.05) is 48.5 Å². The van der Waals surface area contributed by atoms with Crippen LogP contribution in [0.25, 0.3) is 10.8 Å². The molecule has 8 heteroatoms. The Hall–Kier alpha value is -3.75. The van der Waals surface area contributed by atoms with Gasteiger partial charge in [0, 0.05) is 19.2 Å². The van der Waals surface area contributed by atoms with Crippen molar-refractivity contribution >= 4 is 26.7 Å². The summed E-state index contributed by atoms with van der Waals surface area (Å²) in [5.41, 5.74) is 1.71. The van der Waals surface area contributed by atoms with E-state index in [4.69, 9.17) is 4.74 Å². The zero-order chi connectivity index (χ0) is 24.7. The average molecular weight is 490 g/mol. The molecule has 1 amide bonds. The van der Waals surface area contributed by atoms with Gasteiger partial charge in [-0.3, -0.25) is 9.78 Å². The van der Waals surface area contributed by atoms with Crippen LogP contribution in [0.2, 0.25) is 0 Å². The predicted molar refractivity (Wildman–Crippen MR) is 135 cm³/mol. The van der Waals surface area contributed by atoms with Crippen LogP contribution in [0.15, 0.2) is 96.0 Å². The number of nitrogens with one attached hydrogen (secondary N) is 2. The Morgan fingerprint density at radius 2 is 1.74 bits per heavy atom. The fourth-order valence-corrected chi connectivity index (χ4v) is 4.70. The lowest BCUT2D eigenvalue weighted by molar-refractivity contribution is -0.121. The number of nitrogens with zero attached hydrogens (tertiary/aromatic N) is 1. The Morgan fingerprint density at radius 3 is 2.54 bits per heavy atom. The van der Waals surface area contributed by atoms with Gasteiger partial charge in [0.15, 0.2) is 0 Å². The lowest BCUT2D eigenvalue weighted by Gasteiger charge is -2.16. The highest BCUT2D eigenvalue weighted by Crippen LogP contribution is 2.21. The number of benzene rings is 3. The van der Waals surface area contributed by atoms with E-state index in [-0.39, 0.29) is 29.8 Å². The van der Waals surface area contributed by atoms with Crippen LogP contribution in [-0.4, -0.2) is 25.9 Å². The molecule has 0 bridgehead atoms. The Labute approximate surface area is 205 Å². The second-order valence-electron chi connectivity index (χ2n) is 8.13. The molecule has 2 N–H and O–H groups in total. The van der Waals surface area contributed by atoms with Gasteiger partial charge in [-0.2, -0.15) is 0 Å². The molecule has 1 heterocycles. The van der Waals surface area contributed by atoms with Crippen molar-refractivity contribution in [3.63, 3.8) is 0 Å². The number of aromatic nitrogens is 1. The van der Waals surface area contributed by atoms with Crippen LogP contribution in [0.3, 0.4) is 0 Å². The van der Waals surface area contributed by atoms with Crippen molar-refractivity contribution in [2.24, 2.45) is 0 Å². The van der Waals surface area contributed by atoms with Crippen molar-refractivity contribution in [3.05, 3.63) is 102 Å². The van der Waals surface area contributed by atoms with E-state index in [0.717, 1.165) is 22.0 Å². The first-order valence-corrected chi connectivity index (χ1v) is 12.8. The highest BCUT2D eigenvalue weighted by atomic mass is 32.2. The normalized spacial score (nSPS) is 12.3. The number of pyridine rings is 1. The largest absolute Gasteiger partial charge is 0.487 e. The average Bonchev–Trinajstić information content (AvgIpc) is 2.88. The zero-order valence-electron chi connectivity index (χ0n) is 19.3. The number of amides is 1. The number of hydrogen-bond donors (Lipinski definition) is 2. The van der Waals surface area contributed by atoms with Gasteiger partial charge in [0.25, 0.3) is 0 Å². The number of fused-ring (bicyclic) bond motifs is 1. The van der Waals surface area contributed by atoms with E-state index >= 15 is 0 Å². The monoisotopic (exact) mass is 489 g/mol. The minimum atomic E-state index is -3.71. The molecular weight excluding hydrogens is 462 g/mol. The summed E-state index contributed by atoms with van der Waals surface area (Å²) in [6, 6.07) is 25.4. The quantitative estimate of drug-likeness (QED) is 0.345. The summed E-state index contributed by atoms with van der Waals surface area (Å²) < 4.78 is 33.6. The van der Waals surface area contributed by atoms with Gasteiger partial charge >= 0.3 is 0 Å². The second kappa shape index (κ2) is 11.1. The molecule has 4 rings (SSSR count). The number of carbonyl (C=O) groups excluding carboxylic acids is 1.